The van der Waals surface area contributed by atoms with E-state index in [0.717, 1.165) is 54.4 Å². The first-order chi connectivity index (χ1) is 18.2. The molecule has 1 saturated heterocycles. The van der Waals surface area contributed by atoms with Gasteiger partial charge in [-0.2, -0.15) is 13.2 Å². The molecule has 200 valence electrons. The van der Waals surface area contributed by atoms with Gasteiger partial charge in [0.1, 0.15) is 18.1 Å². The number of nitrogens with one attached hydrogen (secondary N) is 1. The number of anilines is 3. The van der Waals surface area contributed by atoms with Gasteiger partial charge in [-0.25, -0.2) is 14.8 Å². The average Bonchev–Trinajstić information content (AvgIpc) is 2.92. The third kappa shape index (κ3) is 6.58. The van der Waals surface area contributed by atoms with E-state index < -0.39 is 12.1 Å². The Morgan fingerprint density at radius 1 is 0.947 bits per heavy atom. The van der Waals surface area contributed by atoms with Gasteiger partial charge in [-0.15, -0.1) is 0 Å². The molecule has 11 heteroatoms. The van der Waals surface area contributed by atoms with Crippen molar-refractivity contribution in [3.05, 3.63) is 78.1 Å². The number of alkyl halides is 3. The number of fused-ring (bicyclic) bond motifs is 1. The van der Waals surface area contributed by atoms with Crippen LogP contribution < -0.4 is 15.1 Å². The highest BCUT2D eigenvalue weighted by Gasteiger charge is 2.38. The van der Waals surface area contributed by atoms with Crippen molar-refractivity contribution in [3.8, 4) is 0 Å². The predicted octanol–water partition coefficient (Wildman–Crippen LogP) is 4.67. The second-order valence-corrected chi connectivity index (χ2v) is 9.04. The zero-order valence-corrected chi connectivity index (χ0v) is 20.6. The molecule has 8 nitrogen and oxygen atoms in total. The minimum Gasteiger partial charge on any atom is -0.475 e. The summed E-state index contributed by atoms with van der Waals surface area (Å²) >= 11 is 0. The molecule has 0 saturated carbocycles. The number of carboxylic acids is 1. The van der Waals surface area contributed by atoms with Crippen molar-refractivity contribution in [1.29, 1.82) is 0 Å². The lowest BCUT2D eigenvalue weighted by atomic mass is 10.0. The largest absolute Gasteiger partial charge is 0.490 e. The molecule has 38 heavy (non-hydrogen) atoms. The number of nitrogens with zero attached hydrogens (tertiary/aromatic N) is 4. The molecule has 2 aliphatic heterocycles. The number of piperidine rings is 1. The molecule has 2 N–H and O–H groups in total. The summed E-state index contributed by atoms with van der Waals surface area (Å²) < 4.78 is 31.7. The van der Waals surface area contributed by atoms with Crippen LogP contribution in [0.3, 0.4) is 0 Å². The number of carboxylic acid groups (broad SMARTS) is 1. The molecule has 1 atom stereocenters. The fourth-order valence-electron chi connectivity index (χ4n) is 4.50. The van der Waals surface area contributed by atoms with Gasteiger partial charge >= 0.3 is 12.1 Å². The Morgan fingerprint density at radius 3 is 2.11 bits per heavy atom. The van der Waals surface area contributed by atoms with E-state index in [0.29, 0.717) is 13.0 Å². The maximum atomic E-state index is 13.7. The van der Waals surface area contributed by atoms with Gasteiger partial charge in [0, 0.05) is 19.5 Å². The third-order valence-corrected chi connectivity index (χ3v) is 6.31. The van der Waals surface area contributed by atoms with E-state index in [-0.39, 0.29) is 11.9 Å². The molecule has 1 aromatic heterocycles. The molecule has 1 amide bonds. The first-order valence-electron chi connectivity index (χ1n) is 12.3. The lowest BCUT2D eigenvalue weighted by Gasteiger charge is -2.38. The van der Waals surface area contributed by atoms with Crippen LogP contribution in [0.5, 0.6) is 0 Å². The topological polar surface area (TPSA) is 98.7 Å². The number of benzene rings is 2. The van der Waals surface area contributed by atoms with Crippen LogP contribution in [0.25, 0.3) is 0 Å². The zero-order valence-electron chi connectivity index (χ0n) is 20.6. The number of hydrogen-bond donors (Lipinski definition) is 2. The van der Waals surface area contributed by atoms with Crippen LogP contribution in [-0.4, -0.2) is 52.3 Å². The molecular weight excluding hydrogens is 499 g/mol. The van der Waals surface area contributed by atoms with Crippen LogP contribution in [0, 0.1) is 0 Å². The number of aromatic nitrogens is 2. The van der Waals surface area contributed by atoms with E-state index in [9.17, 15) is 18.0 Å². The van der Waals surface area contributed by atoms with E-state index in [1.54, 1.807) is 6.33 Å². The van der Waals surface area contributed by atoms with Crippen LogP contribution in [0.1, 0.15) is 30.4 Å². The number of aliphatic carboxylic acids is 1. The molecule has 0 spiro atoms. The lowest BCUT2D eigenvalue weighted by molar-refractivity contribution is -0.192. The summed E-state index contributed by atoms with van der Waals surface area (Å²) in [6, 6.07) is 19.9. The van der Waals surface area contributed by atoms with Gasteiger partial charge in [-0.3, -0.25) is 9.69 Å². The van der Waals surface area contributed by atoms with Crippen molar-refractivity contribution in [2.75, 3.05) is 28.2 Å². The van der Waals surface area contributed by atoms with E-state index in [2.05, 4.69) is 44.5 Å². The third-order valence-electron chi connectivity index (χ3n) is 6.31. The lowest BCUT2D eigenvalue weighted by Crippen LogP contribution is -2.49. The standard InChI is InChI=1S/C25H27N5O.C2HF3O2/c31-25-21(16-19-10-4-1-5-11-19)28-23-22(30(25)17-20-12-6-2-7-13-20)24(27-18-26-23)29-14-8-3-9-15-29;3-2(4,5)1(6)7/h1-2,4-7,10-13,18,21H,3,8-9,14-17H2,(H,26,27,28);(H,6,7). The van der Waals surface area contributed by atoms with Crippen molar-refractivity contribution in [2.24, 2.45) is 0 Å². The molecule has 1 fully saturated rings. The first kappa shape index (κ1) is 26.9. The monoisotopic (exact) mass is 527 g/mol. The minimum atomic E-state index is -5.08. The number of amides is 1. The molecule has 0 radical (unpaired) electrons. The van der Waals surface area contributed by atoms with Crippen LogP contribution in [0.15, 0.2) is 67.0 Å². The van der Waals surface area contributed by atoms with Gasteiger partial charge in [0.05, 0.1) is 6.54 Å². The van der Waals surface area contributed by atoms with Crippen molar-refractivity contribution in [3.63, 3.8) is 0 Å². The number of carbonyl (C=O) groups excluding carboxylic acids is 1. The Kier molecular flexibility index (Phi) is 8.45. The maximum absolute atomic E-state index is 13.7. The second-order valence-electron chi connectivity index (χ2n) is 9.04. The predicted molar refractivity (Wildman–Crippen MR) is 137 cm³/mol. The van der Waals surface area contributed by atoms with E-state index >= 15 is 0 Å². The Morgan fingerprint density at radius 2 is 1.53 bits per heavy atom. The summed E-state index contributed by atoms with van der Waals surface area (Å²) in [5.41, 5.74) is 3.03. The van der Waals surface area contributed by atoms with Gasteiger partial charge in [0.2, 0.25) is 5.91 Å². The summed E-state index contributed by atoms with van der Waals surface area (Å²) in [5.74, 6) is -1.09. The van der Waals surface area contributed by atoms with Crippen LogP contribution in [0.4, 0.5) is 30.5 Å². The highest BCUT2D eigenvalue weighted by Crippen LogP contribution is 2.39. The molecule has 1 unspecified atom stereocenters. The van der Waals surface area contributed by atoms with Crippen molar-refractivity contribution < 1.29 is 27.9 Å². The van der Waals surface area contributed by atoms with Gasteiger partial charge in [-0.05, 0) is 30.4 Å². The smallest absolute Gasteiger partial charge is 0.475 e. The van der Waals surface area contributed by atoms with Crippen LogP contribution in [0.2, 0.25) is 0 Å². The van der Waals surface area contributed by atoms with Crippen molar-refractivity contribution in [1.82, 2.24) is 9.97 Å². The number of halogens is 3. The fraction of sp³-hybridized carbons (Fsp3) is 0.333. The molecule has 3 heterocycles. The highest BCUT2D eigenvalue weighted by molar-refractivity contribution is 6.07. The molecule has 2 aromatic carbocycles. The van der Waals surface area contributed by atoms with Crippen LogP contribution >= 0.6 is 0 Å². The highest BCUT2D eigenvalue weighted by atomic mass is 19.4. The molecule has 2 aliphatic rings. The normalized spacial score (nSPS) is 17.1. The number of rotatable bonds is 5. The fourth-order valence-corrected chi connectivity index (χ4v) is 4.50. The Balaban J connectivity index is 0.000000426. The van der Waals surface area contributed by atoms with Gasteiger partial charge in [-0.1, -0.05) is 60.7 Å². The molecule has 0 aliphatic carbocycles. The summed E-state index contributed by atoms with van der Waals surface area (Å²) in [7, 11) is 0. The molecule has 3 aromatic rings. The first-order valence-corrected chi connectivity index (χ1v) is 12.3. The molecule has 0 bridgehead atoms. The molecule has 5 rings (SSSR count). The maximum Gasteiger partial charge on any atom is 0.490 e. The Bertz CT molecular complexity index is 1240. The summed E-state index contributed by atoms with van der Waals surface area (Å²) in [6.45, 7) is 2.43. The Hall–Kier alpha value is -4.15. The van der Waals surface area contributed by atoms with Crippen LogP contribution in [-0.2, 0) is 22.6 Å². The van der Waals surface area contributed by atoms with Gasteiger partial charge < -0.3 is 15.3 Å². The van der Waals surface area contributed by atoms with E-state index in [1.807, 2.05) is 41.3 Å². The van der Waals surface area contributed by atoms with Gasteiger partial charge in [0.25, 0.3) is 0 Å². The van der Waals surface area contributed by atoms with E-state index in [1.165, 1.54) is 6.42 Å². The Labute approximate surface area is 218 Å². The average molecular weight is 528 g/mol. The van der Waals surface area contributed by atoms with Gasteiger partial charge in [0.15, 0.2) is 11.6 Å². The summed E-state index contributed by atoms with van der Waals surface area (Å²) in [6.07, 6.45) is 0.693. The zero-order chi connectivity index (χ0) is 27.1. The van der Waals surface area contributed by atoms with Crippen molar-refractivity contribution >= 4 is 29.2 Å². The summed E-state index contributed by atoms with van der Waals surface area (Å²) in [4.78, 5) is 36.0. The molecular formula is C27H28F3N5O3. The minimum absolute atomic E-state index is 0.0632. The van der Waals surface area contributed by atoms with E-state index in [4.69, 9.17) is 9.90 Å². The SMILES string of the molecule is O=C(O)C(F)(F)F.O=C1C(Cc2ccccc2)Nc2ncnc(N3CCCCC3)c2N1Cc1ccccc1. The number of carbonyl (C=O) groups is 2. The van der Waals surface area contributed by atoms with Crippen molar-refractivity contribution in [2.45, 2.75) is 44.4 Å². The quantitative estimate of drug-likeness (QED) is 0.498. The summed E-state index contributed by atoms with van der Waals surface area (Å²) in [5, 5.41) is 10.5. The second kappa shape index (κ2) is 11.9. The number of hydrogen-bond acceptors (Lipinski definition) is 6.